The van der Waals surface area contributed by atoms with Crippen molar-refractivity contribution >= 4 is 17.5 Å². The molecule has 2 amide bonds. The van der Waals surface area contributed by atoms with E-state index in [1.807, 2.05) is 32.9 Å². The van der Waals surface area contributed by atoms with Crippen LogP contribution < -0.4 is 15.4 Å². The molecule has 1 aromatic carbocycles. The Kier molecular flexibility index (Phi) is 3.74. The summed E-state index contributed by atoms with van der Waals surface area (Å²) >= 11 is 0. The van der Waals surface area contributed by atoms with E-state index in [0.717, 1.165) is 12.0 Å². The highest BCUT2D eigenvalue weighted by atomic mass is 16.5. The number of anilines is 1. The molecule has 102 valence electrons. The quantitative estimate of drug-likeness (QED) is 0.813. The largest absolute Gasteiger partial charge is 0.468 e. The van der Waals surface area contributed by atoms with E-state index in [-0.39, 0.29) is 6.04 Å². The molecular formula is C14H18N2O3. The van der Waals surface area contributed by atoms with E-state index in [1.54, 1.807) is 6.07 Å². The summed E-state index contributed by atoms with van der Waals surface area (Å²) < 4.78 is 5.48. The van der Waals surface area contributed by atoms with Gasteiger partial charge in [-0.25, -0.2) is 0 Å². The van der Waals surface area contributed by atoms with Crippen LogP contribution in [0.15, 0.2) is 18.2 Å². The fraction of sp³-hybridized carbons (Fsp3) is 0.429. The third kappa shape index (κ3) is 2.86. The van der Waals surface area contributed by atoms with Crippen LogP contribution in [0.4, 0.5) is 5.69 Å². The molecule has 5 nitrogen and oxygen atoms in total. The van der Waals surface area contributed by atoms with Crippen LogP contribution in [0.3, 0.4) is 0 Å². The van der Waals surface area contributed by atoms with E-state index in [1.165, 1.54) is 0 Å². The van der Waals surface area contributed by atoms with Gasteiger partial charge in [-0.1, -0.05) is 13.0 Å². The minimum atomic E-state index is -1.12. The number of rotatable bonds is 3. The van der Waals surface area contributed by atoms with Gasteiger partial charge in [-0.05, 0) is 38.0 Å². The lowest BCUT2D eigenvalue weighted by Gasteiger charge is -2.26. The Balaban J connectivity index is 2.15. The SMILES string of the molecule is CCC(C)NC(=O)C1Oc2ccc(C)cc2NC1=O. The van der Waals surface area contributed by atoms with E-state index in [2.05, 4.69) is 10.6 Å². The van der Waals surface area contributed by atoms with E-state index in [0.29, 0.717) is 11.4 Å². The maximum absolute atomic E-state index is 12.0. The number of benzene rings is 1. The smallest absolute Gasteiger partial charge is 0.275 e. The van der Waals surface area contributed by atoms with Crippen molar-refractivity contribution in [1.29, 1.82) is 0 Å². The second kappa shape index (κ2) is 5.30. The maximum atomic E-state index is 12.0. The minimum absolute atomic E-state index is 0.0170. The molecule has 0 aromatic heterocycles. The normalized spacial score (nSPS) is 18.9. The minimum Gasteiger partial charge on any atom is -0.468 e. The molecule has 0 bridgehead atoms. The molecule has 2 atom stereocenters. The molecule has 5 heteroatoms. The molecule has 1 heterocycles. The lowest BCUT2D eigenvalue weighted by atomic mass is 10.1. The third-order valence-electron chi connectivity index (χ3n) is 3.12. The number of nitrogens with one attached hydrogen (secondary N) is 2. The van der Waals surface area contributed by atoms with Crippen LogP contribution in [0.2, 0.25) is 0 Å². The van der Waals surface area contributed by atoms with Crippen molar-refractivity contribution in [3.8, 4) is 5.75 Å². The highest BCUT2D eigenvalue weighted by molar-refractivity contribution is 6.11. The zero-order valence-corrected chi connectivity index (χ0v) is 11.3. The summed E-state index contributed by atoms with van der Waals surface area (Å²) in [4.78, 5) is 23.8. The topological polar surface area (TPSA) is 67.4 Å². The molecule has 0 fully saturated rings. The number of amides is 2. The van der Waals surface area contributed by atoms with Gasteiger partial charge in [0, 0.05) is 6.04 Å². The second-order valence-corrected chi connectivity index (χ2v) is 4.80. The van der Waals surface area contributed by atoms with Crippen molar-refractivity contribution in [3.05, 3.63) is 23.8 Å². The molecular weight excluding hydrogens is 244 g/mol. The van der Waals surface area contributed by atoms with Crippen LogP contribution >= 0.6 is 0 Å². The Morgan fingerprint density at radius 2 is 2.26 bits per heavy atom. The highest BCUT2D eigenvalue weighted by Gasteiger charge is 2.34. The average Bonchev–Trinajstić information content (AvgIpc) is 2.37. The van der Waals surface area contributed by atoms with Gasteiger partial charge in [0.05, 0.1) is 5.69 Å². The van der Waals surface area contributed by atoms with Gasteiger partial charge in [0.2, 0.25) is 0 Å². The monoisotopic (exact) mass is 262 g/mol. The fourth-order valence-corrected chi connectivity index (χ4v) is 1.82. The number of fused-ring (bicyclic) bond motifs is 1. The molecule has 2 rings (SSSR count). The molecule has 1 aromatic rings. The summed E-state index contributed by atoms with van der Waals surface area (Å²) in [6, 6.07) is 5.46. The first-order chi connectivity index (χ1) is 9.01. The fourth-order valence-electron chi connectivity index (χ4n) is 1.82. The van der Waals surface area contributed by atoms with Gasteiger partial charge < -0.3 is 15.4 Å². The van der Waals surface area contributed by atoms with Crippen LogP contribution in [-0.4, -0.2) is 24.0 Å². The molecule has 2 unspecified atom stereocenters. The van der Waals surface area contributed by atoms with Crippen molar-refractivity contribution in [2.24, 2.45) is 0 Å². The summed E-state index contributed by atoms with van der Waals surface area (Å²) in [5.41, 5.74) is 1.63. The molecule has 1 aliphatic rings. The van der Waals surface area contributed by atoms with Gasteiger partial charge in [-0.15, -0.1) is 0 Å². The number of carbonyl (C=O) groups is 2. The van der Waals surface area contributed by atoms with Gasteiger partial charge in [0.1, 0.15) is 5.75 Å². The summed E-state index contributed by atoms with van der Waals surface area (Å²) in [6.45, 7) is 5.77. The lowest BCUT2D eigenvalue weighted by Crippen LogP contribution is -2.50. The highest BCUT2D eigenvalue weighted by Crippen LogP contribution is 2.30. The number of aryl methyl sites for hydroxylation is 1. The standard InChI is InChI=1S/C14H18N2O3/c1-4-9(3)15-13(17)12-14(18)16-10-7-8(2)5-6-11(10)19-12/h5-7,9,12H,4H2,1-3H3,(H,15,17)(H,16,18). The lowest BCUT2D eigenvalue weighted by molar-refractivity contribution is -0.137. The zero-order chi connectivity index (χ0) is 14.0. The number of ether oxygens (including phenoxy) is 1. The van der Waals surface area contributed by atoms with Crippen molar-refractivity contribution in [2.75, 3.05) is 5.32 Å². The first-order valence-electron chi connectivity index (χ1n) is 6.39. The Hall–Kier alpha value is -2.04. The zero-order valence-electron chi connectivity index (χ0n) is 11.3. The summed E-state index contributed by atoms with van der Waals surface area (Å²) in [7, 11) is 0. The Morgan fingerprint density at radius 1 is 1.53 bits per heavy atom. The van der Waals surface area contributed by atoms with Crippen molar-refractivity contribution < 1.29 is 14.3 Å². The molecule has 0 saturated heterocycles. The van der Waals surface area contributed by atoms with Gasteiger partial charge in [-0.3, -0.25) is 9.59 Å². The predicted molar refractivity (Wildman–Crippen MR) is 72.1 cm³/mol. The Labute approximate surface area is 112 Å². The van der Waals surface area contributed by atoms with Crippen LogP contribution in [0.5, 0.6) is 5.75 Å². The van der Waals surface area contributed by atoms with E-state index < -0.39 is 17.9 Å². The summed E-state index contributed by atoms with van der Waals surface area (Å²) in [5, 5.41) is 5.45. The van der Waals surface area contributed by atoms with E-state index in [9.17, 15) is 9.59 Å². The van der Waals surface area contributed by atoms with Gasteiger partial charge in [0.15, 0.2) is 0 Å². The van der Waals surface area contributed by atoms with Crippen LogP contribution in [0.1, 0.15) is 25.8 Å². The molecule has 1 aliphatic heterocycles. The second-order valence-electron chi connectivity index (χ2n) is 4.80. The number of hydrogen-bond acceptors (Lipinski definition) is 3. The first kappa shape index (κ1) is 13.4. The number of hydrogen-bond donors (Lipinski definition) is 2. The number of carbonyl (C=O) groups excluding carboxylic acids is 2. The summed E-state index contributed by atoms with van der Waals surface area (Å²) in [5.74, 6) is -0.313. The van der Waals surface area contributed by atoms with E-state index in [4.69, 9.17) is 4.74 Å². The molecule has 19 heavy (non-hydrogen) atoms. The van der Waals surface area contributed by atoms with Crippen molar-refractivity contribution in [1.82, 2.24) is 5.32 Å². The van der Waals surface area contributed by atoms with Crippen molar-refractivity contribution in [2.45, 2.75) is 39.3 Å². The Bertz CT molecular complexity index is 513. The molecule has 2 N–H and O–H groups in total. The Morgan fingerprint density at radius 3 is 2.95 bits per heavy atom. The summed E-state index contributed by atoms with van der Waals surface area (Å²) in [6.07, 6.45) is -0.320. The molecule has 0 spiro atoms. The molecule has 0 saturated carbocycles. The van der Waals surface area contributed by atoms with Crippen molar-refractivity contribution in [3.63, 3.8) is 0 Å². The van der Waals surface area contributed by atoms with Gasteiger partial charge in [-0.2, -0.15) is 0 Å². The van der Waals surface area contributed by atoms with Crippen LogP contribution in [0.25, 0.3) is 0 Å². The van der Waals surface area contributed by atoms with E-state index >= 15 is 0 Å². The maximum Gasteiger partial charge on any atom is 0.275 e. The van der Waals surface area contributed by atoms with Crippen LogP contribution in [0, 0.1) is 6.92 Å². The molecule has 0 radical (unpaired) electrons. The third-order valence-corrected chi connectivity index (χ3v) is 3.12. The van der Waals surface area contributed by atoms with Gasteiger partial charge in [0.25, 0.3) is 17.9 Å². The first-order valence-corrected chi connectivity index (χ1v) is 6.39. The average molecular weight is 262 g/mol. The predicted octanol–water partition coefficient (Wildman–Crippen LogP) is 1.61. The molecule has 0 aliphatic carbocycles. The van der Waals surface area contributed by atoms with Gasteiger partial charge >= 0.3 is 0 Å². The van der Waals surface area contributed by atoms with Crippen LogP contribution in [-0.2, 0) is 9.59 Å².